The van der Waals surface area contributed by atoms with Crippen LogP contribution in [0.4, 0.5) is 5.69 Å². The molecule has 1 aliphatic rings. The third-order valence-electron chi connectivity index (χ3n) is 5.38. The number of ether oxygens (including phenoxy) is 1. The number of nitrogens with one attached hydrogen (secondary N) is 1. The number of carbonyl (C=O) groups excluding carboxylic acids is 2. The average molecular weight is 416 g/mol. The monoisotopic (exact) mass is 415 g/mol. The van der Waals surface area contributed by atoms with Crippen LogP contribution < -0.4 is 5.32 Å². The van der Waals surface area contributed by atoms with Crippen LogP contribution in [0.2, 0.25) is 5.02 Å². The van der Waals surface area contributed by atoms with Crippen molar-refractivity contribution >= 4 is 29.2 Å². The second-order valence-corrected chi connectivity index (χ2v) is 7.99. The molecule has 0 bridgehead atoms. The van der Waals surface area contributed by atoms with Gasteiger partial charge in [0.2, 0.25) is 0 Å². The Kier molecular flexibility index (Phi) is 7.29. The number of anilines is 1. The van der Waals surface area contributed by atoms with Gasteiger partial charge in [-0.25, -0.2) is 4.79 Å². The predicted molar refractivity (Wildman–Crippen MR) is 115 cm³/mol. The molecule has 0 atom stereocenters. The third-order valence-corrected chi connectivity index (χ3v) is 5.69. The molecule has 0 aromatic heterocycles. The van der Waals surface area contributed by atoms with E-state index >= 15 is 0 Å². The summed E-state index contributed by atoms with van der Waals surface area (Å²) in [5.74, 6) is -0.627. The first-order valence-corrected chi connectivity index (χ1v) is 10.6. The molecule has 0 spiro atoms. The summed E-state index contributed by atoms with van der Waals surface area (Å²) in [5, 5.41) is 3.22. The smallest absolute Gasteiger partial charge is 0.340 e. The molecule has 5 nitrogen and oxygen atoms in total. The first-order valence-electron chi connectivity index (χ1n) is 10.2. The molecule has 6 heteroatoms. The maximum absolute atomic E-state index is 13.0. The molecule has 0 radical (unpaired) electrons. The number of amides is 1. The number of halogens is 1. The lowest BCUT2D eigenvalue weighted by atomic mass is 10.0. The molecule has 154 valence electrons. The Morgan fingerprint density at radius 1 is 1.03 bits per heavy atom. The second-order valence-electron chi connectivity index (χ2n) is 7.58. The minimum absolute atomic E-state index is 0.138. The van der Waals surface area contributed by atoms with Crippen LogP contribution in [0, 0.1) is 0 Å². The van der Waals surface area contributed by atoms with Crippen molar-refractivity contribution < 1.29 is 18.8 Å². The molecule has 0 saturated carbocycles. The Morgan fingerprint density at radius 2 is 1.76 bits per heavy atom. The molecule has 1 amide bonds. The summed E-state index contributed by atoms with van der Waals surface area (Å²) in [4.78, 5) is 25.3. The van der Waals surface area contributed by atoms with E-state index in [-0.39, 0.29) is 18.1 Å². The number of nitrogens with zero attached hydrogens (tertiary/aromatic N) is 1. The molecule has 1 fully saturated rings. The van der Waals surface area contributed by atoms with E-state index in [4.69, 9.17) is 16.3 Å². The lowest BCUT2D eigenvalue weighted by Crippen LogP contribution is -2.54. The Morgan fingerprint density at radius 3 is 2.45 bits per heavy atom. The van der Waals surface area contributed by atoms with Gasteiger partial charge in [0.1, 0.15) is 6.54 Å². The number of hydrogen-bond acceptors (Lipinski definition) is 3. The van der Waals surface area contributed by atoms with Crippen molar-refractivity contribution in [1.82, 2.24) is 0 Å². The zero-order valence-electron chi connectivity index (χ0n) is 16.8. The molecule has 2 aromatic rings. The molecule has 0 unspecified atom stereocenters. The average Bonchev–Trinajstić information content (AvgIpc) is 2.71. The standard InChI is InChI=1S/C23H27ClN2O3/c1-2-29-23(28)19-12-9-13-20(24)22(19)25-21(27)17-26(14-7-4-8-15-26)16-18-10-5-3-6-11-18/h3,5-6,9-13H,2,4,7-8,14-17H2,1H3/p+1. The highest BCUT2D eigenvalue weighted by Crippen LogP contribution is 2.28. The van der Waals surface area contributed by atoms with Gasteiger partial charge in [0.05, 0.1) is 36.0 Å². The molecule has 1 N–H and O–H groups in total. The van der Waals surface area contributed by atoms with Gasteiger partial charge in [-0.1, -0.05) is 48.0 Å². The van der Waals surface area contributed by atoms with Crippen LogP contribution in [0.5, 0.6) is 0 Å². The lowest BCUT2D eigenvalue weighted by molar-refractivity contribution is -0.937. The first-order chi connectivity index (χ1) is 14.0. The normalized spacial score (nSPS) is 15.5. The molecular weight excluding hydrogens is 388 g/mol. The fourth-order valence-electron chi connectivity index (χ4n) is 4.04. The van der Waals surface area contributed by atoms with Gasteiger partial charge in [-0.3, -0.25) is 4.79 Å². The van der Waals surface area contributed by atoms with Gasteiger partial charge in [-0.15, -0.1) is 0 Å². The van der Waals surface area contributed by atoms with Crippen molar-refractivity contribution in [3.63, 3.8) is 0 Å². The van der Waals surface area contributed by atoms with Crippen molar-refractivity contribution in [3.05, 3.63) is 64.7 Å². The highest BCUT2D eigenvalue weighted by Gasteiger charge is 2.33. The zero-order chi connectivity index (χ0) is 20.7. The van der Waals surface area contributed by atoms with Gasteiger partial charge in [-0.2, -0.15) is 0 Å². The van der Waals surface area contributed by atoms with E-state index in [0.717, 1.165) is 37.0 Å². The lowest BCUT2D eigenvalue weighted by Gasteiger charge is -2.41. The van der Waals surface area contributed by atoms with E-state index in [1.165, 1.54) is 12.0 Å². The van der Waals surface area contributed by atoms with Gasteiger partial charge < -0.3 is 14.5 Å². The maximum Gasteiger partial charge on any atom is 0.340 e. The first kappa shape index (κ1) is 21.3. The van der Waals surface area contributed by atoms with Crippen molar-refractivity contribution in [2.75, 3.05) is 31.6 Å². The Labute approximate surface area is 177 Å². The third kappa shape index (κ3) is 5.58. The van der Waals surface area contributed by atoms with E-state index in [0.29, 0.717) is 17.3 Å². The Balaban J connectivity index is 1.78. The van der Waals surface area contributed by atoms with Gasteiger partial charge in [-0.05, 0) is 38.3 Å². The topological polar surface area (TPSA) is 55.4 Å². The molecular formula is C23H28ClN2O3+. The number of hydrogen-bond donors (Lipinski definition) is 1. The zero-order valence-corrected chi connectivity index (χ0v) is 17.6. The summed E-state index contributed by atoms with van der Waals surface area (Å²) < 4.78 is 5.82. The van der Waals surface area contributed by atoms with E-state index in [1.54, 1.807) is 25.1 Å². The molecule has 0 aliphatic carbocycles. The van der Waals surface area contributed by atoms with Gasteiger partial charge >= 0.3 is 5.97 Å². The summed E-state index contributed by atoms with van der Waals surface area (Å²) in [7, 11) is 0. The van der Waals surface area contributed by atoms with Crippen LogP contribution in [0.3, 0.4) is 0 Å². The number of benzene rings is 2. The summed E-state index contributed by atoms with van der Waals surface area (Å²) in [6, 6.07) is 15.3. The van der Waals surface area contributed by atoms with Crippen LogP contribution in [0.1, 0.15) is 42.1 Å². The minimum atomic E-state index is -0.489. The van der Waals surface area contributed by atoms with Crippen molar-refractivity contribution in [2.45, 2.75) is 32.7 Å². The van der Waals surface area contributed by atoms with Crippen molar-refractivity contribution in [2.24, 2.45) is 0 Å². The SMILES string of the molecule is CCOC(=O)c1cccc(Cl)c1NC(=O)C[N+]1(Cc2ccccc2)CCCCC1. The number of rotatable bonds is 7. The number of carbonyl (C=O) groups is 2. The predicted octanol–water partition coefficient (Wildman–Crippen LogP) is 4.66. The number of esters is 1. The fourth-order valence-corrected chi connectivity index (χ4v) is 4.26. The van der Waals surface area contributed by atoms with E-state index in [9.17, 15) is 9.59 Å². The van der Waals surface area contributed by atoms with Crippen LogP contribution in [0.25, 0.3) is 0 Å². The summed E-state index contributed by atoms with van der Waals surface area (Å²) in [6.07, 6.45) is 3.43. The van der Waals surface area contributed by atoms with Crippen LogP contribution in [0.15, 0.2) is 48.5 Å². The van der Waals surface area contributed by atoms with Crippen LogP contribution in [-0.4, -0.2) is 42.6 Å². The molecule has 2 aromatic carbocycles. The number of quaternary nitrogens is 1. The van der Waals surface area contributed by atoms with E-state index in [2.05, 4.69) is 17.4 Å². The van der Waals surface area contributed by atoms with Crippen LogP contribution >= 0.6 is 11.6 Å². The Bertz CT molecular complexity index is 848. The molecule has 29 heavy (non-hydrogen) atoms. The Hall–Kier alpha value is -2.37. The molecule has 1 heterocycles. The summed E-state index contributed by atoms with van der Waals surface area (Å²) in [6.45, 7) is 5.11. The number of likely N-dealkylation sites (tertiary alicyclic amines) is 1. The van der Waals surface area contributed by atoms with Crippen LogP contribution in [-0.2, 0) is 16.1 Å². The van der Waals surface area contributed by atoms with E-state index < -0.39 is 5.97 Å². The van der Waals surface area contributed by atoms with Crippen molar-refractivity contribution in [1.29, 1.82) is 0 Å². The molecule has 1 saturated heterocycles. The largest absolute Gasteiger partial charge is 0.462 e. The molecule has 3 rings (SSSR count). The molecule has 1 aliphatic heterocycles. The summed E-state index contributed by atoms with van der Waals surface area (Å²) in [5.41, 5.74) is 1.83. The van der Waals surface area contributed by atoms with Gasteiger partial charge in [0.25, 0.3) is 5.91 Å². The highest BCUT2D eigenvalue weighted by atomic mass is 35.5. The fraction of sp³-hybridized carbons (Fsp3) is 0.391. The van der Waals surface area contributed by atoms with Gasteiger partial charge in [0.15, 0.2) is 6.54 Å². The van der Waals surface area contributed by atoms with Gasteiger partial charge in [0, 0.05) is 5.56 Å². The van der Waals surface area contributed by atoms with E-state index in [1.807, 2.05) is 18.2 Å². The maximum atomic E-state index is 13.0. The number of para-hydroxylation sites is 1. The summed E-state index contributed by atoms with van der Waals surface area (Å²) >= 11 is 6.30. The minimum Gasteiger partial charge on any atom is -0.462 e. The number of piperidine rings is 1. The van der Waals surface area contributed by atoms with Crippen molar-refractivity contribution in [3.8, 4) is 0 Å². The highest BCUT2D eigenvalue weighted by molar-refractivity contribution is 6.34. The quantitative estimate of drug-likeness (QED) is 0.528. The second kappa shape index (κ2) is 9.90.